The Balaban J connectivity index is 0.000000364. The van der Waals surface area contributed by atoms with Crippen molar-refractivity contribution in [3.05, 3.63) is 160 Å². The standard InChI is InChI=1S/C32H33F3N6O4.C28H36F3N3O5/c1-22-27(13-10-19-38-39-25-16-14-24(36-5)15-17-25)28(42)40(20-8-6-7-18-37-29(43)45-31(2,3)4)30(44)41(22)26-12-9-11-23(21-26)32(33,34)35;1-7-38-19(2)14-15-23-20(3)34(22-13-11-12-21(18-22)28(29,30)31)26(37)33(24(23)35)17-10-8-9-16-32-25(36)39-27(4,5)6/h9,11-12,14-17,19,21,39H,6-8,18,20H2,1-4H3,(H,37,43);11-13,18-19H,7-10,16-17H2,1-6H3,(H,32,36)/b38-19-;. The Kier molecular flexibility index (Phi) is 24.6. The second kappa shape index (κ2) is 30.5. The largest absolute Gasteiger partial charge is 0.444 e. The minimum atomic E-state index is -4.64. The predicted molar refractivity (Wildman–Crippen MR) is 308 cm³/mol. The summed E-state index contributed by atoms with van der Waals surface area (Å²) >= 11 is 0. The van der Waals surface area contributed by atoms with E-state index in [4.69, 9.17) is 20.8 Å². The molecule has 2 heterocycles. The predicted octanol–water partition coefficient (Wildman–Crippen LogP) is 10.8. The van der Waals surface area contributed by atoms with E-state index in [2.05, 4.69) is 49.7 Å². The smallest absolute Gasteiger partial charge is 0.416 e. The fraction of sp³-hybridized carbons (Fsp3) is 0.433. The van der Waals surface area contributed by atoms with Crippen LogP contribution in [0.25, 0.3) is 16.2 Å². The molecule has 3 aromatic carbocycles. The van der Waals surface area contributed by atoms with Crippen LogP contribution in [0.4, 0.5) is 47.3 Å². The van der Waals surface area contributed by atoms with E-state index >= 15 is 0 Å². The van der Waals surface area contributed by atoms with Gasteiger partial charge >= 0.3 is 35.9 Å². The molecule has 0 aliphatic rings. The van der Waals surface area contributed by atoms with Crippen LogP contribution in [0, 0.1) is 44.1 Å². The molecule has 0 aliphatic heterocycles. The molecule has 0 saturated carbocycles. The van der Waals surface area contributed by atoms with Crippen LogP contribution in [0.15, 0.2) is 97.1 Å². The molecule has 0 aliphatic carbocycles. The number of rotatable bonds is 18. The number of nitrogens with zero attached hydrogens (tertiary/aromatic N) is 6. The Morgan fingerprint density at radius 3 is 1.51 bits per heavy atom. The van der Waals surface area contributed by atoms with E-state index in [0.717, 1.165) is 42.5 Å². The maximum atomic E-state index is 13.5. The van der Waals surface area contributed by atoms with Crippen molar-refractivity contribution >= 4 is 29.8 Å². The lowest BCUT2D eigenvalue weighted by molar-refractivity contribution is -0.138. The molecule has 0 saturated heterocycles. The molecule has 24 heteroatoms. The van der Waals surface area contributed by atoms with Crippen molar-refractivity contribution in [2.45, 2.75) is 151 Å². The van der Waals surface area contributed by atoms with Gasteiger partial charge in [0.2, 0.25) is 0 Å². The van der Waals surface area contributed by atoms with Crippen LogP contribution in [-0.2, 0) is 39.7 Å². The number of ether oxygens (including phenoxy) is 3. The summed E-state index contributed by atoms with van der Waals surface area (Å²) in [5, 5.41) is 9.26. The molecule has 450 valence electrons. The van der Waals surface area contributed by atoms with Gasteiger partial charge in [0.25, 0.3) is 11.1 Å². The number of anilines is 1. The molecule has 0 spiro atoms. The van der Waals surface area contributed by atoms with E-state index in [1.54, 1.807) is 79.7 Å². The zero-order valence-electron chi connectivity index (χ0n) is 48.5. The maximum absolute atomic E-state index is 13.5. The van der Waals surface area contributed by atoms with Gasteiger partial charge in [-0.1, -0.05) is 42.0 Å². The molecule has 2 aromatic heterocycles. The first-order chi connectivity index (χ1) is 39.4. The molecule has 84 heavy (non-hydrogen) atoms. The zero-order chi connectivity index (χ0) is 62.6. The Labute approximate surface area is 482 Å². The summed E-state index contributed by atoms with van der Waals surface area (Å²) < 4.78 is 100. The van der Waals surface area contributed by atoms with Crippen LogP contribution in [0.2, 0.25) is 0 Å². The highest BCUT2D eigenvalue weighted by atomic mass is 19.4. The van der Waals surface area contributed by atoms with Crippen molar-refractivity contribution in [2.75, 3.05) is 25.1 Å². The maximum Gasteiger partial charge on any atom is 0.416 e. The van der Waals surface area contributed by atoms with Crippen LogP contribution >= 0.6 is 0 Å². The van der Waals surface area contributed by atoms with Gasteiger partial charge in [-0.15, -0.1) is 0 Å². The van der Waals surface area contributed by atoms with E-state index in [1.807, 2.05) is 0 Å². The molecule has 1 atom stereocenters. The number of nitrogens with one attached hydrogen (secondary N) is 3. The Morgan fingerprint density at radius 1 is 0.667 bits per heavy atom. The first kappa shape index (κ1) is 67.7. The molecule has 0 fully saturated rings. The van der Waals surface area contributed by atoms with Crippen molar-refractivity contribution < 1.29 is 50.1 Å². The highest BCUT2D eigenvalue weighted by Gasteiger charge is 2.32. The Hall–Kier alpha value is -8.82. The van der Waals surface area contributed by atoms with Crippen molar-refractivity contribution in [1.29, 1.82) is 0 Å². The van der Waals surface area contributed by atoms with Crippen LogP contribution < -0.4 is 38.6 Å². The minimum Gasteiger partial charge on any atom is -0.444 e. The van der Waals surface area contributed by atoms with E-state index in [0.29, 0.717) is 69.6 Å². The Morgan fingerprint density at radius 2 is 1.11 bits per heavy atom. The summed E-state index contributed by atoms with van der Waals surface area (Å²) in [6, 6.07) is 15.2. The molecule has 5 aromatic rings. The highest BCUT2D eigenvalue weighted by molar-refractivity contribution is 5.80. The number of amides is 2. The van der Waals surface area contributed by atoms with Crippen molar-refractivity contribution in [2.24, 2.45) is 5.10 Å². The summed E-state index contributed by atoms with van der Waals surface area (Å²) in [7, 11) is 0. The number of aromatic nitrogens is 4. The molecule has 3 N–H and O–H groups in total. The number of carbonyl (C=O) groups excluding carboxylic acids is 2. The fourth-order valence-electron chi connectivity index (χ4n) is 7.91. The SMILES string of the molecule is CCOC(C)C#Cc1c(C)n(-c2cccc(C(F)(F)F)c2)c(=O)n(CCCCCNC(=O)OC(C)(C)C)c1=O.[C-]#[N+]c1ccc(N/N=C\C#Cc2c(C)n(-c3cccc(C(F)(F)F)c3)c(=O)n(CCCCCNC(=O)OC(C)(C)C)c2=O)cc1. The van der Waals surface area contributed by atoms with Crippen molar-refractivity contribution in [3.8, 4) is 35.1 Å². The van der Waals surface area contributed by atoms with Crippen LogP contribution in [0.5, 0.6) is 0 Å². The van der Waals surface area contributed by atoms with Gasteiger partial charge in [-0.3, -0.25) is 33.3 Å². The number of alkyl carbamates (subject to hydrolysis) is 2. The van der Waals surface area contributed by atoms with Gasteiger partial charge in [0.15, 0.2) is 5.69 Å². The van der Waals surface area contributed by atoms with Crippen molar-refractivity contribution in [1.82, 2.24) is 28.9 Å². The third-order valence-corrected chi connectivity index (χ3v) is 11.8. The van der Waals surface area contributed by atoms with E-state index in [-0.39, 0.29) is 47.0 Å². The quantitative estimate of drug-likeness (QED) is 0.0189. The van der Waals surface area contributed by atoms with Crippen LogP contribution in [0.3, 0.4) is 0 Å². The average Bonchev–Trinajstić information content (AvgIpc) is 1.89. The summed E-state index contributed by atoms with van der Waals surface area (Å²) in [6.07, 6.45) is -6.62. The van der Waals surface area contributed by atoms with E-state index < -0.39 is 75.5 Å². The van der Waals surface area contributed by atoms with Crippen molar-refractivity contribution in [3.63, 3.8) is 0 Å². The minimum absolute atomic E-state index is 0.00478. The van der Waals surface area contributed by atoms with Crippen LogP contribution in [0.1, 0.15) is 128 Å². The summed E-state index contributed by atoms with van der Waals surface area (Å²) in [4.78, 5) is 80.5. The fourth-order valence-corrected chi connectivity index (χ4v) is 7.91. The van der Waals surface area contributed by atoms with E-state index in [9.17, 15) is 55.1 Å². The highest BCUT2D eigenvalue weighted by Crippen LogP contribution is 2.32. The molecular formula is C60H69F6N9O9. The lowest BCUT2D eigenvalue weighted by Crippen LogP contribution is -2.42. The van der Waals surface area contributed by atoms with Gasteiger partial charge < -0.3 is 24.8 Å². The monoisotopic (exact) mass is 1170 g/mol. The van der Waals surface area contributed by atoms with Gasteiger partial charge in [0.1, 0.15) is 28.4 Å². The number of unbranched alkanes of at least 4 members (excludes halogenated alkanes) is 4. The average molecular weight is 1170 g/mol. The first-order valence-electron chi connectivity index (χ1n) is 26.8. The number of hydrazone groups is 1. The number of alkyl halides is 6. The summed E-state index contributed by atoms with van der Waals surface area (Å²) in [5.41, 5.74) is -2.13. The van der Waals surface area contributed by atoms with E-state index in [1.165, 1.54) is 44.3 Å². The molecule has 0 bridgehead atoms. The normalized spacial score (nSPS) is 11.9. The third kappa shape index (κ3) is 20.9. The van der Waals surface area contributed by atoms with Gasteiger partial charge in [0.05, 0.1) is 41.0 Å². The lowest BCUT2D eigenvalue weighted by Gasteiger charge is -2.19. The number of halogens is 6. The molecule has 5 rings (SSSR count). The first-order valence-corrected chi connectivity index (χ1v) is 26.8. The molecule has 18 nitrogen and oxygen atoms in total. The number of benzene rings is 3. The van der Waals surface area contributed by atoms with Gasteiger partial charge in [-0.25, -0.2) is 24.0 Å². The number of carbonyl (C=O) groups is 2. The Bertz CT molecular complexity index is 3560. The third-order valence-electron chi connectivity index (χ3n) is 11.8. The number of hydrogen-bond donors (Lipinski definition) is 3. The molecule has 1 unspecified atom stereocenters. The molecular weight excluding hydrogens is 1100 g/mol. The molecule has 0 radical (unpaired) electrons. The second-order valence-electron chi connectivity index (χ2n) is 20.8. The lowest BCUT2D eigenvalue weighted by atomic mass is 10.1. The van der Waals surface area contributed by atoms with Gasteiger partial charge in [-0.2, -0.15) is 31.4 Å². The molecule has 2 amide bonds. The zero-order valence-corrected chi connectivity index (χ0v) is 48.5. The van der Waals surface area contributed by atoms with Gasteiger partial charge in [0, 0.05) is 44.2 Å². The van der Waals surface area contributed by atoms with Gasteiger partial charge in [-0.05, 0) is 162 Å². The number of hydrogen-bond acceptors (Lipinski definition) is 11. The topological polar surface area (TPSA) is 203 Å². The summed E-state index contributed by atoms with van der Waals surface area (Å²) in [6.45, 7) is 25.0. The summed E-state index contributed by atoms with van der Waals surface area (Å²) in [5.74, 6) is 10.9. The second-order valence-corrected chi connectivity index (χ2v) is 20.8. The van der Waals surface area contributed by atoms with Crippen LogP contribution in [-0.4, -0.2) is 73.7 Å².